The Morgan fingerprint density at radius 2 is 1.58 bits per heavy atom. The molecule has 0 aliphatic carbocycles. The van der Waals surface area contributed by atoms with Gasteiger partial charge >= 0.3 is 0 Å². The number of carbonyl (C=O) groups excluding carboxylic acids is 3. The molecule has 0 unspecified atom stereocenters. The van der Waals surface area contributed by atoms with E-state index in [4.69, 9.17) is 0 Å². The Bertz CT molecular complexity index is 947. The second-order valence-electron chi connectivity index (χ2n) is 6.50. The Hall–Kier alpha value is -3.21. The number of nitrogens with zero attached hydrogens (tertiary/aromatic N) is 2. The Morgan fingerprint density at radius 1 is 0.885 bits per heavy atom. The number of para-hydroxylation sites is 1. The highest BCUT2D eigenvalue weighted by Crippen LogP contribution is 2.39. The number of likely N-dealkylation sites (tertiary alicyclic amines) is 1. The average molecular weight is 346 g/mol. The summed E-state index contributed by atoms with van der Waals surface area (Å²) < 4.78 is 0. The summed E-state index contributed by atoms with van der Waals surface area (Å²) in [6, 6.07) is 17.1. The van der Waals surface area contributed by atoms with Crippen molar-refractivity contribution in [1.29, 1.82) is 0 Å². The molecule has 2 aliphatic heterocycles. The summed E-state index contributed by atoms with van der Waals surface area (Å²) in [5.74, 6) is -0.820. The number of benzene rings is 2. The van der Waals surface area contributed by atoms with Crippen molar-refractivity contribution < 1.29 is 14.4 Å². The van der Waals surface area contributed by atoms with Crippen molar-refractivity contribution in [3.63, 3.8) is 0 Å². The minimum atomic E-state index is -0.348. The highest BCUT2D eigenvalue weighted by molar-refractivity contribution is 6.38. The molecule has 0 atom stereocenters. The molecule has 0 aromatic heterocycles. The largest absolute Gasteiger partial charge is 0.311 e. The zero-order valence-electron chi connectivity index (χ0n) is 14.4. The number of anilines is 1. The van der Waals surface area contributed by atoms with Gasteiger partial charge in [0.1, 0.15) is 0 Å². The number of fused-ring (bicyclic) bond motifs is 1. The van der Waals surface area contributed by atoms with Crippen molar-refractivity contribution in [2.24, 2.45) is 0 Å². The molecular formula is C21H18N2O3. The van der Waals surface area contributed by atoms with E-state index in [1.165, 1.54) is 9.80 Å². The van der Waals surface area contributed by atoms with Gasteiger partial charge < -0.3 is 4.90 Å². The van der Waals surface area contributed by atoms with Crippen molar-refractivity contribution in [3.05, 3.63) is 71.3 Å². The number of likely N-dealkylation sites (N-methyl/N-ethyl adjacent to an activating group) is 1. The molecule has 0 radical (unpaired) electrons. The summed E-state index contributed by atoms with van der Waals surface area (Å²) in [4.78, 5) is 40.8. The molecule has 3 amide bonds. The third kappa shape index (κ3) is 2.52. The first-order valence-electron chi connectivity index (χ1n) is 8.57. The molecule has 2 heterocycles. The molecular weight excluding hydrogens is 328 g/mol. The molecule has 0 spiro atoms. The lowest BCUT2D eigenvalue weighted by atomic mass is 10.00. The van der Waals surface area contributed by atoms with Crippen LogP contribution in [0.15, 0.2) is 60.2 Å². The highest BCUT2D eigenvalue weighted by Gasteiger charge is 2.41. The number of hydrogen-bond donors (Lipinski definition) is 0. The topological polar surface area (TPSA) is 57.7 Å². The summed E-state index contributed by atoms with van der Waals surface area (Å²) in [7, 11) is 1.68. The second kappa shape index (κ2) is 6.26. The van der Waals surface area contributed by atoms with Crippen LogP contribution in [0.2, 0.25) is 0 Å². The quantitative estimate of drug-likeness (QED) is 0.633. The first kappa shape index (κ1) is 16.3. The Labute approximate surface area is 151 Å². The molecule has 26 heavy (non-hydrogen) atoms. The molecule has 1 fully saturated rings. The van der Waals surface area contributed by atoms with Gasteiger partial charge in [0.15, 0.2) is 0 Å². The van der Waals surface area contributed by atoms with Gasteiger partial charge in [-0.3, -0.25) is 19.3 Å². The van der Waals surface area contributed by atoms with Crippen molar-refractivity contribution >= 4 is 29.0 Å². The van der Waals surface area contributed by atoms with Gasteiger partial charge in [-0.1, -0.05) is 48.5 Å². The zero-order chi connectivity index (χ0) is 18.3. The van der Waals surface area contributed by atoms with E-state index in [-0.39, 0.29) is 24.1 Å². The predicted octanol–water partition coefficient (Wildman–Crippen LogP) is 2.42. The standard InChI is InChI=1S/C21H18N2O3/c1-22-17-10-6-5-9-15(17)19(21(22)26)16-13-18(24)23(20(16)25)12-11-14-7-3-2-4-8-14/h2-10H,11-13H2,1H3/b19-16-. The zero-order valence-corrected chi connectivity index (χ0v) is 14.4. The van der Waals surface area contributed by atoms with E-state index in [2.05, 4.69) is 0 Å². The summed E-state index contributed by atoms with van der Waals surface area (Å²) in [6.45, 7) is 0.324. The normalized spacial score (nSPS) is 19.5. The van der Waals surface area contributed by atoms with Crippen molar-refractivity contribution in [2.75, 3.05) is 18.5 Å². The lowest BCUT2D eigenvalue weighted by molar-refractivity contribution is -0.137. The number of amides is 3. The van der Waals surface area contributed by atoms with Crippen LogP contribution in [-0.4, -0.2) is 36.2 Å². The minimum Gasteiger partial charge on any atom is -0.311 e. The molecule has 5 nitrogen and oxygen atoms in total. The molecule has 0 N–H and O–H groups in total. The fraction of sp³-hybridized carbons (Fsp3) is 0.190. The number of imide groups is 1. The van der Waals surface area contributed by atoms with E-state index in [0.717, 1.165) is 16.8 Å². The van der Waals surface area contributed by atoms with Crippen LogP contribution >= 0.6 is 0 Å². The van der Waals surface area contributed by atoms with Gasteiger partial charge in [-0.2, -0.15) is 0 Å². The molecule has 0 bridgehead atoms. The summed E-state index contributed by atoms with van der Waals surface area (Å²) >= 11 is 0. The van der Waals surface area contributed by atoms with Crippen molar-refractivity contribution in [2.45, 2.75) is 12.8 Å². The molecule has 0 saturated carbocycles. The summed E-state index contributed by atoms with van der Waals surface area (Å²) in [5, 5.41) is 0. The lowest BCUT2D eigenvalue weighted by Crippen LogP contribution is -2.31. The fourth-order valence-corrected chi connectivity index (χ4v) is 3.57. The molecule has 4 rings (SSSR count). The van der Waals surface area contributed by atoms with Gasteiger partial charge in [0.2, 0.25) is 5.91 Å². The summed E-state index contributed by atoms with van der Waals surface area (Å²) in [6.07, 6.45) is 0.586. The van der Waals surface area contributed by atoms with E-state index in [1.54, 1.807) is 7.05 Å². The molecule has 2 aliphatic rings. The van der Waals surface area contributed by atoms with E-state index in [9.17, 15) is 14.4 Å². The molecule has 2 aromatic carbocycles. The number of rotatable bonds is 3. The van der Waals surface area contributed by atoms with Crippen LogP contribution in [0.3, 0.4) is 0 Å². The SMILES string of the molecule is CN1C(=O)/C(=C2/CC(=O)N(CCc3ccccc3)C2=O)c2ccccc21. The van der Waals surface area contributed by atoms with E-state index >= 15 is 0 Å². The third-order valence-electron chi connectivity index (χ3n) is 4.95. The highest BCUT2D eigenvalue weighted by atomic mass is 16.2. The van der Waals surface area contributed by atoms with Crippen LogP contribution in [0.1, 0.15) is 17.5 Å². The van der Waals surface area contributed by atoms with Gasteiger partial charge in [-0.25, -0.2) is 0 Å². The number of carbonyl (C=O) groups is 3. The second-order valence-corrected chi connectivity index (χ2v) is 6.50. The monoisotopic (exact) mass is 346 g/mol. The van der Waals surface area contributed by atoms with Crippen LogP contribution in [0, 0.1) is 0 Å². The van der Waals surface area contributed by atoms with E-state index in [0.29, 0.717) is 24.1 Å². The number of hydrogen-bond acceptors (Lipinski definition) is 3. The van der Waals surface area contributed by atoms with Crippen LogP contribution in [-0.2, 0) is 20.8 Å². The smallest absolute Gasteiger partial charge is 0.259 e. The molecule has 5 heteroatoms. The Morgan fingerprint density at radius 3 is 2.35 bits per heavy atom. The maximum atomic E-state index is 12.9. The van der Waals surface area contributed by atoms with Crippen LogP contribution in [0.5, 0.6) is 0 Å². The van der Waals surface area contributed by atoms with Gasteiger partial charge in [-0.05, 0) is 18.1 Å². The predicted molar refractivity (Wildman–Crippen MR) is 98.3 cm³/mol. The lowest BCUT2D eigenvalue weighted by Gasteiger charge is -2.13. The van der Waals surface area contributed by atoms with Crippen LogP contribution < -0.4 is 4.90 Å². The minimum absolute atomic E-state index is 0.0170. The van der Waals surface area contributed by atoms with Crippen LogP contribution in [0.4, 0.5) is 5.69 Å². The maximum absolute atomic E-state index is 12.9. The first-order chi connectivity index (χ1) is 12.6. The maximum Gasteiger partial charge on any atom is 0.259 e. The van der Waals surface area contributed by atoms with Gasteiger partial charge in [0, 0.05) is 24.7 Å². The third-order valence-corrected chi connectivity index (χ3v) is 4.95. The van der Waals surface area contributed by atoms with Crippen molar-refractivity contribution in [3.8, 4) is 0 Å². The molecule has 130 valence electrons. The van der Waals surface area contributed by atoms with Gasteiger partial charge in [0.25, 0.3) is 11.8 Å². The van der Waals surface area contributed by atoms with E-state index < -0.39 is 0 Å². The molecule has 1 saturated heterocycles. The summed E-state index contributed by atoms with van der Waals surface area (Å²) in [5.41, 5.74) is 3.23. The average Bonchev–Trinajstić information content (AvgIpc) is 3.08. The van der Waals surface area contributed by atoms with Gasteiger partial charge in [0.05, 0.1) is 17.7 Å². The first-order valence-corrected chi connectivity index (χ1v) is 8.57. The van der Waals surface area contributed by atoms with Gasteiger partial charge in [-0.15, -0.1) is 0 Å². The van der Waals surface area contributed by atoms with Crippen LogP contribution in [0.25, 0.3) is 5.57 Å². The molecule has 2 aromatic rings. The van der Waals surface area contributed by atoms with Crippen molar-refractivity contribution in [1.82, 2.24) is 4.90 Å². The Balaban J connectivity index is 1.65. The Kier molecular flexibility index (Phi) is 3.92. The fourth-order valence-electron chi connectivity index (χ4n) is 3.57. The van der Waals surface area contributed by atoms with E-state index in [1.807, 2.05) is 54.6 Å².